The fraction of sp³-hybridized carbons (Fsp3) is 0.417. The fourth-order valence-corrected chi connectivity index (χ4v) is 2.55. The van der Waals surface area contributed by atoms with E-state index >= 15 is 0 Å². The van der Waals surface area contributed by atoms with Gasteiger partial charge in [-0.2, -0.15) is 13.2 Å². The lowest BCUT2D eigenvalue weighted by Gasteiger charge is -2.15. The van der Waals surface area contributed by atoms with Crippen LogP contribution in [0.5, 0.6) is 0 Å². The van der Waals surface area contributed by atoms with Crippen LogP contribution in [0, 0.1) is 0 Å². The minimum absolute atomic E-state index is 0.0365. The molecule has 1 unspecified atom stereocenters. The lowest BCUT2D eigenvalue weighted by molar-refractivity contribution is -0.138. The number of rotatable bonds is 4. The maximum atomic E-state index is 12.8. The van der Waals surface area contributed by atoms with Crippen molar-refractivity contribution in [2.75, 3.05) is 0 Å². The molecule has 1 rings (SSSR count). The van der Waals surface area contributed by atoms with E-state index < -0.39 is 16.6 Å². The zero-order chi connectivity index (χ0) is 13.9. The van der Waals surface area contributed by atoms with Gasteiger partial charge in [0.25, 0.3) is 0 Å². The van der Waals surface area contributed by atoms with Gasteiger partial charge >= 0.3 is 6.18 Å². The molecule has 0 aliphatic heterocycles. The van der Waals surface area contributed by atoms with Gasteiger partial charge in [-0.25, -0.2) is 0 Å². The van der Waals surface area contributed by atoms with E-state index in [1.165, 1.54) is 6.07 Å². The minimum Gasteiger partial charge on any atom is -0.298 e. The van der Waals surface area contributed by atoms with Gasteiger partial charge in [-0.05, 0) is 24.1 Å². The van der Waals surface area contributed by atoms with E-state index in [1.807, 2.05) is 0 Å². The fourth-order valence-electron chi connectivity index (χ4n) is 1.52. The number of halogens is 5. The molecule has 0 amide bonds. The first-order valence-electron chi connectivity index (χ1n) is 5.28. The van der Waals surface area contributed by atoms with E-state index in [0.717, 1.165) is 6.07 Å². The second-order valence-electron chi connectivity index (χ2n) is 3.79. The molecule has 1 nitrogen and oxygen atoms in total. The predicted molar refractivity (Wildman–Crippen MR) is 70.9 cm³/mol. The molecule has 0 radical (unpaired) electrons. The number of carbonyl (C=O) groups excluding carboxylic acids is 1. The third kappa shape index (κ3) is 4.09. The molecule has 0 aliphatic rings. The van der Waals surface area contributed by atoms with Crippen LogP contribution in [-0.4, -0.2) is 10.6 Å². The quantitative estimate of drug-likeness (QED) is 0.681. The van der Waals surface area contributed by atoms with Crippen LogP contribution in [0.3, 0.4) is 0 Å². The summed E-state index contributed by atoms with van der Waals surface area (Å²) in [5.41, 5.74) is -0.584. The molecule has 0 bridgehead atoms. The monoisotopic (exact) mass is 386 g/mol. The van der Waals surface area contributed by atoms with Crippen molar-refractivity contribution in [1.29, 1.82) is 0 Å². The summed E-state index contributed by atoms with van der Waals surface area (Å²) in [6, 6.07) is 3.97. The molecular formula is C12H11Br2F3O. The van der Waals surface area contributed by atoms with Gasteiger partial charge in [0.05, 0.1) is 10.4 Å². The van der Waals surface area contributed by atoms with Gasteiger partial charge in [-0.1, -0.05) is 44.8 Å². The molecule has 0 heterocycles. The molecule has 0 aliphatic carbocycles. The maximum Gasteiger partial charge on any atom is 0.416 e. The van der Waals surface area contributed by atoms with Gasteiger partial charge in [0.1, 0.15) is 5.78 Å². The van der Waals surface area contributed by atoms with Gasteiger partial charge in [-0.3, -0.25) is 4.79 Å². The first-order valence-corrected chi connectivity index (χ1v) is 6.99. The Morgan fingerprint density at radius 2 is 2.00 bits per heavy atom. The average molecular weight is 388 g/mol. The van der Waals surface area contributed by atoms with Crippen molar-refractivity contribution in [3.63, 3.8) is 0 Å². The highest BCUT2D eigenvalue weighted by atomic mass is 79.9. The van der Waals surface area contributed by atoms with Gasteiger partial charge in [0.15, 0.2) is 0 Å². The third-order valence-electron chi connectivity index (χ3n) is 2.47. The van der Waals surface area contributed by atoms with Gasteiger partial charge in [0, 0.05) is 10.9 Å². The van der Waals surface area contributed by atoms with E-state index in [9.17, 15) is 18.0 Å². The van der Waals surface area contributed by atoms with Crippen LogP contribution in [0.2, 0.25) is 0 Å². The molecule has 1 aromatic rings. The Bertz CT molecular complexity index is 443. The van der Waals surface area contributed by atoms with Gasteiger partial charge in [-0.15, -0.1) is 0 Å². The van der Waals surface area contributed by atoms with Gasteiger partial charge < -0.3 is 0 Å². The summed E-state index contributed by atoms with van der Waals surface area (Å²) in [7, 11) is 0. The average Bonchev–Trinajstić information content (AvgIpc) is 2.28. The zero-order valence-electron chi connectivity index (χ0n) is 9.52. The standard InChI is InChI=1S/C12H11Br2F3O/c1-2-11(18)10(14)5-7-3-4-8(13)6-9(7)12(15,16)17/h3-4,6,10H,2,5H2,1H3. The number of ketones is 1. The van der Waals surface area contributed by atoms with Crippen molar-refractivity contribution in [1.82, 2.24) is 0 Å². The predicted octanol–water partition coefficient (Wildman–Crippen LogP) is 4.75. The number of carbonyl (C=O) groups is 1. The SMILES string of the molecule is CCC(=O)C(Br)Cc1ccc(Br)cc1C(F)(F)F. The summed E-state index contributed by atoms with van der Waals surface area (Å²) in [6.45, 7) is 1.68. The number of benzene rings is 1. The van der Waals surface area contributed by atoms with Crippen molar-refractivity contribution in [3.05, 3.63) is 33.8 Å². The Kier molecular flexibility index (Phi) is 5.40. The molecule has 1 aromatic carbocycles. The molecule has 1 atom stereocenters. The molecule has 18 heavy (non-hydrogen) atoms. The molecule has 0 N–H and O–H groups in total. The maximum absolute atomic E-state index is 12.8. The van der Waals surface area contributed by atoms with Crippen LogP contribution in [0.1, 0.15) is 24.5 Å². The molecule has 6 heteroatoms. The third-order valence-corrected chi connectivity index (χ3v) is 3.80. The van der Waals surface area contributed by atoms with Crippen molar-refractivity contribution in [2.45, 2.75) is 30.8 Å². The summed E-state index contributed by atoms with van der Waals surface area (Å²) in [5, 5.41) is 0. The van der Waals surface area contributed by atoms with Crippen molar-refractivity contribution >= 4 is 37.6 Å². The summed E-state index contributed by atoms with van der Waals surface area (Å²) in [6.07, 6.45) is -4.08. The Morgan fingerprint density at radius 3 is 2.50 bits per heavy atom. The highest BCUT2D eigenvalue weighted by Crippen LogP contribution is 2.35. The van der Waals surface area contributed by atoms with Crippen LogP contribution < -0.4 is 0 Å². The Morgan fingerprint density at radius 1 is 1.39 bits per heavy atom. The number of hydrogen-bond acceptors (Lipinski definition) is 1. The first kappa shape index (κ1) is 15.7. The van der Waals surface area contributed by atoms with E-state index in [0.29, 0.717) is 10.9 Å². The molecule has 0 fully saturated rings. The minimum atomic E-state index is -4.42. The molecule has 0 spiro atoms. The normalized spacial score (nSPS) is 13.4. The summed E-state index contributed by atoms with van der Waals surface area (Å²) in [4.78, 5) is 10.8. The molecule has 0 saturated carbocycles. The van der Waals surface area contributed by atoms with E-state index in [1.54, 1.807) is 13.0 Å². The van der Waals surface area contributed by atoms with Crippen LogP contribution in [0.4, 0.5) is 13.2 Å². The van der Waals surface area contributed by atoms with E-state index in [-0.39, 0.29) is 17.8 Å². The molecule has 0 saturated heterocycles. The Hall–Kier alpha value is -0.360. The summed E-state index contributed by atoms with van der Waals surface area (Å²) in [5.74, 6) is -0.106. The Labute approximate surface area is 120 Å². The molecule has 0 aromatic heterocycles. The van der Waals surface area contributed by atoms with Crippen LogP contribution in [-0.2, 0) is 17.4 Å². The van der Waals surface area contributed by atoms with Crippen LogP contribution >= 0.6 is 31.9 Å². The number of hydrogen-bond donors (Lipinski definition) is 0. The second-order valence-corrected chi connectivity index (χ2v) is 5.81. The van der Waals surface area contributed by atoms with Gasteiger partial charge in [0.2, 0.25) is 0 Å². The lowest BCUT2D eigenvalue weighted by Crippen LogP contribution is -2.18. The second kappa shape index (κ2) is 6.19. The first-order chi connectivity index (χ1) is 8.25. The number of Topliss-reactive ketones (excluding diaryl/α,β-unsaturated/α-hetero) is 1. The van der Waals surface area contributed by atoms with Crippen molar-refractivity contribution in [3.8, 4) is 0 Å². The highest BCUT2D eigenvalue weighted by Gasteiger charge is 2.34. The van der Waals surface area contributed by atoms with E-state index in [2.05, 4.69) is 31.9 Å². The van der Waals surface area contributed by atoms with Crippen LogP contribution in [0.25, 0.3) is 0 Å². The largest absolute Gasteiger partial charge is 0.416 e. The highest BCUT2D eigenvalue weighted by molar-refractivity contribution is 9.10. The van der Waals surface area contributed by atoms with Crippen molar-refractivity contribution in [2.24, 2.45) is 0 Å². The van der Waals surface area contributed by atoms with Crippen molar-refractivity contribution < 1.29 is 18.0 Å². The molecular weight excluding hydrogens is 377 g/mol. The summed E-state index contributed by atoms with van der Waals surface area (Å²) < 4.78 is 38.9. The summed E-state index contributed by atoms with van der Waals surface area (Å²) >= 11 is 6.15. The molecule has 100 valence electrons. The number of alkyl halides is 4. The smallest absolute Gasteiger partial charge is 0.298 e. The van der Waals surface area contributed by atoms with E-state index in [4.69, 9.17) is 0 Å². The lowest BCUT2D eigenvalue weighted by atomic mass is 10.0. The van der Waals surface area contributed by atoms with Crippen LogP contribution in [0.15, 0.2) is 22.7 Å². The zero-order valence-corrected chi connectivity index (χ0v) is 12.7. The Balaban J connectivity index is 3.06. The topological polar surface area (TPSA) is 17.1 Å².